The topological polar surface area (TPSA) is 122 Å². The number of carbonyl (C=O) groups excluding carboxylic acids is 1. The highest BCUT2D eigenvalue weighted by atomic mass is 16.6. The Morgan fingerprint density at radius 1 is 1.40 bits per heavy atom. The molecule has 0 spiro atoms. The van der Waals surface area contributed by atoms with E-state index in [0.29, 0.717) is 5.69 Å². The Labute approximate surface area is 114 Å². The van der Waals surface area contributed by atoms with Crippen molar-refractivity contribution in [1.29, 1.82) is 0 Å². The van der Waals surface area contributed by atoms with Crippen molar-refractivity contribution < 1.29 is 19.6 Å². The molecule has 1 aromatic rings. The second-order valence-corrected chi connectivity index (χ2v) is 4.08. The second kappa shape index (κ2) is 7.07. The smallest absolute Gasteiger partial charge is 0.325 e. The summed E-state index contributed by atoms with van der Waals surface area (Å²) >= 11 is 0. The van der Waals surface area contributed by atoms with Gasteiger partial charge in [0.2, 0.25) is 5.91 Å². The number of nitrogens with zero attached hydrogens (tertiary/aromatic N) is 1. The maximum atomic E-state index is 11.4. The number of benzene rings is 1. The molecule has 0 saturated heterocycles. The lowest BCUT2D eigenvalue weighted by molar-refractivity contribution is -0.384. The monoisotopic (exact) mass is 281 g/mol. The van der Waals surface area contributed by atoms with Gasteiger partial charge in [-0.3, -0.25) is 19.7 Å². The highest BCUT2D eigenvalue weighted by molar-refractivity contribution is 5.83. The van der Waals surface area contributed by atoms with Gasteiger partial charge in [0.1, 0.15) is 11.7 Å². The van der Waals surface area contributed by atoms with Crippen LogP contribution < -0.4 is 10.6 Å². The Hall–Kier alpha value is -2.64. The van der Waals surface area contributed by atoms with E-state index >= 15 is 0 Å². The van der Waals surface area contributed by atoms with Crippen LogP contribution in [0.5, 0.6) is 0 Å². The summed E-state index contributed by atoms with van der Waals surface area (Å²) in [6.07, 6.45) is 0.0175. The van der Waals surface area contributed by atoms with E-state index in [1.807, 2.05) is 0 Å². The number of carboxylic acid groups (broad SMARTS) is 1. The van der Waals surface area contributed by atoms with Gasteiger partial charge in [0, 0.05) is 19.0 Å². The Bertz CT molecular complexity index is 518. The molecule has 1 amide bonds. The third-order valence-electron chi connectivity index (χ3n) is 2.52. The summed E-state index contributed by atoms with van der Waals surface area (Å²) in [5, 5.41) is 24.5. The second-order valence-electron chi connectivity index (χ2n) is 4.08. The molecule has 0 heterocycles. The van der Waals surface area contributed by atoms with Gasteiger partial charge in [-0.2, -0.15) is 0 Å². The number of anilines is 1. The number of carbonyl (C=O) groups is 2. The van der Waals surface area contributed by atoms with Crippen LogP contribution in [0.2, 0.25) is 0 Å². The van der Waals surface area contributed by atoms with Gasteiger partial charge in [0.05, 0.1) is 4.92 Å². The summed E-state index contributed by atoms with van der Waals surface area (Å²) in [6, 6.07) is 5.12. The predicted molar refractivity (Wildman–Crippen MR) is 71.4 cm³/mol. The molecule has 0 aliphatic heterocycles. The number of para-hydroxylation sites is 2. The Balaban J connectivity index is 2.47. The Morgan fingerprint density at radius 3 is 2.65 bits per heavy atom. The molecule has 1 rings (SSSR count). The number of rotatable bonds is 7. The van der Waals surface area contributed by atoms with Crippen LogP contribution in [0.4, 0.5) is 11.4 Å². The minimum absolute atomic E-state index is 0.0175. The van der Waals surface area contributed by atoms with Gasteiger partial charge in [-0.1, -0.05) is 12.1 Å². The first-order valence-electron chi connectivity index (χ1n) is 5.91. The van der Waals surface area contributed by atoms with E-state index in [4.69, 9.17) is 5.11 Å². The lowest BCUT2D eigenvalue weighted by atomic mass is 10.2. The summed E-state index contributed by atoms with van der Waals surface area (Å²) < 4.78 is 0. The van der Waals surface area contributed by atoms with Crippen LogP contribution in [-0.4, -0.2) is 34.5 Å². The average molecular weight is 281 g/mol. The number of nitrogens with one attached hydrogen (secondary N) is 2. The largest absolute Gasteiger partial charge is 0.480 e. The number of carboxylic acids is 1. The first kappa shape index (κ1) is 15.4. The SMILES string of the molecule is C[C@@H](NC(=O)CCNc1ccccc1[N+](=O)[O-])C(=O)O. The Kier molecular flexibility index (Phi) is 5.45. The van der Waals surface area contributed by atoms with Crippen molar-refractivity contribution in [3.63, 3.8) is 0 Å². The van der Waals surface area contributed by atoms with E-state index in [9.17, 15) is 19.7 Å². The minimum Gasteiger partial charge on any atom is -0.480 e. The van der Waals surface area contributed by atoms with Gasteiger partial charge in [0.15, 0.2) is 0 Å². The van der Waals surface area contributed by atoms with Crippen LogP contribution in [0.25, 0.3) is 0 Å². The highest BCUT2D eigenvalue weighted by Gasteiger charge is 2.15. The summed E-state index contributed by atoms with van der Waals surface area (Å²) in [6.45, 7) is 1.53. The molecular formula is C12H15N3O5. The normalized spacial score (nSPS) is 11.4. The van der Waals surface area contributed by atoms with Crippen LogP contribution in [0.3, 0.4) is 0 Å². The average Bonchev–Trinajstić information content (AvgIpc) is 2.38. The van der Waals surface area contributed by atoms with E-state index in [1.165, 1.54) is 19.1 Å². The first-order chi connectivity index (χ1) is 9.41. The van der Waals surface area contributed by atoms with E-state index in [-0.39, 0.29) is 18.7 Å². The molecule has 0 bridgehead atoms. The van der Waals surface area contributed by atoms with Crippen molar-refractivity contribution in [2.24, 2.45) is 0 Å². The van der Waals surface area contributed by atoms with Crippen molar-refractivity contribution in [3.8, 4) is 0 Å². The molecule has 0 fully saturated rings. The zero-order chi connectivity index (χ0) is 15.1. The van der Waals surface area contributed by atoms with Crippen LogP contribution in [0, 0.1) is 10.1 Å². The fourth-order valence-electron chi connectivity index (χ4n) is 1.47. The highest BCUT2D eigenvalue weighted by Crippen LogP contribution is 2.22. The van der Waals surface area contributed by atoms with Crippen LogP contribution in [0.15, 0.2) is 24.3 Å². The lowest BCUT2D eigenvalue weighted by Crippen LogP contribution is -2.38. The van der Waals surface area contributed by atoms with E-state index < -0.39 is 22.8 Å². The van der Waals surface area contributed by atoms with Crippen molar-refractivity contribution in [2.45, 2.75) is 19.4 Å². The molecule has 0 unspecified atom stereocenters. The van der Waals surface area contributed by atoms with Gasteiger partial charge in [-0.05, 0) is 13.0 Å². The summed E-state index contributed by atoms with van der Waals surface area (Å²) in [4.78, 5) is 32.2. The molecule has 0 aliphatic carbocycles. The van der Waals surface area contributed by atoms with Crippen molar-refractivity contribution in [2.75, 3.05) is 11.9 Å². The number of nitro groups is 1. The van der Waals surface area contributed by atoms with Crippen molar-refractivity contribution >= 4 is 23.3 Å². The molecule has 0 radical (unpaired) electrons. The van der Waals surface area contributed by atoms with Gasteiger partial charge in [-0.25, -0.2) is 0 Å². The standard InChI is InChI=1S/C12H15N3O5/c1-8(12(17)18)14-11(16)6-7-13-9-4-2-3-5-10(9)15(19)20/h2-5,8,13H,6-7H2,1H3,(H,14,16)(H,17,18)/t8-/m1/s1. The van der Waals surface area contributed by atoms with E-state index in [0.717, 1.165) is 0 Å². The molecule has 1 atom stereocenters. The lowest BCUT2D eigenvalue weighted by Gasteiger charge is -2.10. The predicted octanol–water partition coefficient (Wildman–Crippen LogP) is 0.986. The van der Waals surface area contributed by atoms with Gasteiger partial charge in [-0.15, -0.1) is 0 Å². The number of nitro benzene ring substituents is 1. The fourth-order valence-corrected chi connectivity index (χ4v) is 1.47. The zero-order valence-electron chi connectivity index (χ0n) is 10.8. The molecule has 0 aromatic heterocycles. The molecule has 20 heavy (non-hydrogen) atoms. The zero-order valence-corrected chi connectivity index (χ0v) is 10.8. The van der Waals surface area contributed by atoms with Crippen LogP contribution in [-0.2, 0) is 9.59 Å². The summed E-state index contributed by atoms with van der Waals surface area (Å²) in [5.74, 6) is -1.56. The van der Waals surface area contributed by atoms with Crippen LogP contribution >= 0.6 is 0 Å². The van der Waals surface area contributed by atoms with Crippen molar-refractivity contribution in [1.82, 2.24) is 5.32 Å². The number of aliphatic carboxylic acids is 1. The molecule has 3 N–H and O–H groups in total. The van der Waals surface area contributed by atoms with Crippen LogP contribution in [0.1, 0.15) is 13.3 Å². The molecule has 0 aliphatic rings. The number of hydrogen-bond acceptors (Lipinski definition) is 5. The maximum absolute atomic E-state index is 11.4. The van der Waals surface area contributed by atoms with Gasteiger partial charge >= 0.3 is 5.97 Å². The minimum atomic E-state index is -1.12. The first-order valence-corrected chi connectivity index (χ1v) is 5.91. The van der Waals surface area contributed by atoms with Crippen molar-refractivity contribution in [3.05, 3.63) is 34.4 Å². The maximum Gasteiger partial charge on any atom is 0.325 e. The number of hydrogen-bond donors (Lipinski definition) is 3. The molecule has 108 valence electrons. The van der Waals surface area contributed by atoms with E-state index in [2.05, 4.69) is 10.6 Å². The Morgan fingerprint density at radius 2 is 2.05 bits per heavy atom. The summed E-state index contributed by atoms with van der Waals surface area (Å²) in [5.41, 5.74) is 0.239. The molecule has 8 nitrogen and oxygen atoms in total. The van der Waals surface area contributed by atoms with E-state index in [1.54, 1.807) is 12.1 Å². The number of amides is 1. The molecular weight excluding hydrogens is 266 g/mol. The quantitative estimate of drug-likeness (QED) is 0.506. The fraction of sp³-hybridized carbons (Fsp3) is 0.333. The van der Waals surface area contributed by atoms with Gasteiger partial charge in [0.25, 0.3) is 5.69 Å². The third-order valence-corrected chi connectivity index (χ3v) is 2.52. The third kappa shape index (κ3) is 4.56. The molecule has 1 aromatic carbocycles. The van der Waals surface area contributed by atoms with Gasteiger partial charge < -0.3 is 15.7 Å². The molecule has 0 saturated carbocycles. The molecule has 8 heteroatoms. The summed E-state index contributed by atoms with van der Waals surface area (Å²) in [7, 11) is 0.